The van der Waals surface area contributed by atoms with E-state index in [2.05, 4.69) is 39.4 Å². The first-order valence-electron chi connectivity index (χ1n) is 7.47. The van der Waals surface area contributed by atoms with Crippen LogP contribution in [0, 0.1) is 0 Å². The van der Waals surface area contributed by atoms with Gasteiger partial charge in [-0.2, -0.15) is 0 Å². The molecule has 0 aromatic carbocycles. The van der Waals surface area contributed by atoms with Gasteiger partial charge in [0.15, 0.2) is 0 Å². The Bertz CT molecular complexity index is 620. The Morgan fingerprint density at radius 3 is 2.71 bits per heavy atom. The topological polar surface area (TPSA) is 62.7 Å². The maximum Gasteiger partial charge on any atom is 0.136 e. The highest BCUT2D eigenvalue weighted by Crippen LogP contribution is 2.39. The lowest BCUT2D eigenvalue weighted by Gasteiger charge is -2.14. The highest BCUT2D eigenvalue weighted by molar-refractivity contribution is 7.11. The molecule has 2 heterocycles. The molecule has 1 fully saturated rings. The average Bonchev–Trinajstić information content (AvgIpc) is 3.24. The fourth-order valence-corrected chi connectivity index (χ4v) is 3.02. The maximum atomic E-state index is 4.65. The van der Waals surface area contributed by atoms with E-state index in [1.54, 1.807) is 11.3 Å². The first-order valence-corrected chi connectivity index (χ1v) is 8.29. The fraction of sp³-hybridized carbons (Fsp3) is 0.533. The molecule has 0 aliphatic heterocycles. The van der Waals surface area contributed by atoms with Gasteiger partial charge in [-0.3, -0.25) is 0 Å². The number of aromatic nitrogens is 3. The van der Waals surface area contributed by atoms with Crippen molar-refractivity contribution >= 4 is 23.0 Å². The van der Waals surface area contributed by atoms with Crippen LogP contribution in [0.25, 0.3) is 0 Å². The van der Waals surface area contributed by atoms with E-state index in [0.717, 1.165) is 28.9 Å². The van der Waals surface area contributed by atoms with Crippen molar-refractivity contribution in [2.45, 2.75) is 45.1 Å². The largest absolute Gasteiger partial charge is 0.373 e. The Hall–Kier alpha value is -1.69. The summed E-state index contributed by atoms with van der Waals surface area (Å²) in [5.74, 6) is 3.23. The molecule has 21 heavy (non-hydrogen) atoms. The molecule has 2 aromatic heterocycles. The Morgan fingerprint density at radius 1 is 1.33 bits per heavy atom. The van der Waals surface area contributed by atoms with Crippen LogP contribution in [0.3, 0.4) is 0 Å². The van der Waals surface area contributed by atoms with E-state index in [-0.39, 0.29) is 6.04 Å². The summed E-state index contributed by atoms with van der Waals surface area (Å²) in [6.07, 6.45) is 5.41. The summed E-state index contributed by atoms with van der Waals surface area (Å²) in [4.78, 5) is 15.0. The lowest BCUT2D eigenvalue weighted by molar-refractivity contribution is 0.845. The first kappa shape index (κ1) is 14.3. The number of hydrogen-bond acceptors (Lipinski definition) is 6. The molecule has 2 aromatic rings. The minimum atomic E-state index is 0.155. The highest BCUT2D eigenvalue weighted by atomic mass is 32.1. The maximum absolute atomic E-state index is 4.65. The minimum Gasteiger partial charge on any atom is -0.373 e. The Labute approximate surface area is 129 Å². The normalized spacial score (nSPS) is 15.8. The van der Waals surface area contributed by atoms with Crippen molar-refractivity contribution in [3.05, 3.63) is 28.0 Å². The van der Waals surface area contributed by atoms with Gasteiger partial charge in [-0.15, -0.1) is 11.3 Å². The summed E-state index contributed by atoms with van der Waals surface area (Å²) >= 11 is 1.76. The van der Waals surface area contributed by atoms with Gasteiger partial charge in [-0.1, -0.05) is 6.92 Å². The molecule has 3 rings (SSSR count). The molecular weight excluding hydrogens is 282 g/mol. The van der Waals surface area contributed by atoms with E-state index in [4.69, 9.17) is 0 Å². The molecule has 0 radical (unpaired) electrons. The zero-order valence-electron chi connectivity index (χ0n) is 12.7. The van der Waals surface area contributed by atoms with E-state index >= 15 is 0 Å². The second kappa shape index (κ2) is 5.97. The summed E-state index contributed by atoms with van der Waals surface area (Å²) in [7, 11) is 1.89. The lowest BCUT2D eigenvalue weighted by Crippen LogP contribution is -2.10. The zero-order valence-corrected chi connectivity index (χ0v) is 13.5. The summed E-state index contributed by atoms with van der Waals surface area (Å²) < 4.78 is 0. The standard InChI is InChI=1S/C15H21N5S/c1-4-11-8-17-15(21-11)9(2)18-13-7-12(16-3)19-14(20-13)10-5-6-10/h7-10H,4-6H2,1-3H3,(H2,16,18,19,20). The molecular formula is C15H21N5S. The van der Waals surface area contributed by atoms with Crippen LogP contribution in [0.1, 0.15) is 54.4 Å². The number of thiazole rings is 1. The van der Waals surface area contributed by atoms with Gasteiger partial charge in [-0.05, 0) is 26.2 Å². The predicted octanol–water partition coefficient (Wildman–Crippen LogP) is 3.59. The van der Waals surface area contributed by atoms with Crippen LogP contribution >= 0.6 is 11.3 Å². The third kappa shape index (κ3) is 3.32. The number of anilines is 2. The first-order chi connectivity index (χ1) is 10.2. The van der Waals surface area contributed by atoms with Gasteiger partial charge in [-0.25, -0.2) is 15.0 Å². The predicted molar refractivity (Wildman–Crippen MR) is 87.1 cm³/mol. The van der Waals surface area contributed by atoms with Crippen molar-refractivity contribution < 1.29 is 0 Å². The van der Waals surface area contributed by atoms with Gasteiger partial charge in [0.25, 0.3) is 0 Å². The van der Waals surface area contributed by atoms with Gasteiger partial charge >= 0.3 is 0 Å². The summed E-state index contributed by atoms with van der Waals surface area (Å²) in [5, 5.41) is 7.66. The smallest absolute Gasteiger partial charge is 0.136 e. The van der Waals surface area contributed by atoms with Crippen LogP contribution in [-0.4, -0.2) is 22.0 Å². The Balaban J connectivity index is 1.78. The Morgan fingerprint density at radius 2 is 2.10 bits per heavy atom. The second-order valence-electron chi connectivity index (χ2n) is 5.41. The molecule has 5 nitrogen and oxygen atoms in total. The molecule has 6 heteroatoms. The lowest BCUT2D eigenvalue weighted by atomic mass is 10.3. The van der Waals surface area contributed by atoms with Gasteiger partial charge in [0.1, 0.15) is 22.5 Å². The molecule has 0 bridgehead atoms. The van der Waals surface area contributed by atoms with Crippen molar-refractivity contribution in [1.82, 2.24) is 15.0 Å². The zero-order chi connectivity index (χ0) is 14.8. The van der Waals surface area contributed by atoms with Crippen molar-refractivity contribution in [2.75, 3.05) is 17.7 Å². The molecule has 0 spiro atoms. The van der Waals surface area contributed by atoms with E-state index in [9.17, 15) is 0 Å². The summed E-state index contributed by atoms with van der Waals surface area (Å²) in [5.41, 5.74) is 0. The second-order valence-corrected chi connectivity index (χ2v) is 6.55. The van der Waals surface area contributed by atoms with Crippen molar-refractivity contribution in [1.29, 1.82) is 0 Å². The molecule has 1 atom stereocenters. The number of nitrogens with zero attached hydrogens (tertiary/aromatic N) is 3. The summed E-state index contributed by atoms with van der Waals surface area (Å²) in [6.45, 7) is 4.27. The molecule has 1 saturated carbocycles. The molecule has 2 N–H and O–H groups in total. The van der Waals surface area contributed by atoms with Crippen LogP contribution < -0.4 is 10.6 Å². The van der Waals surface area contributed by atoms with Crippen molar-refractivity contribution in [3.8, 4) is 0 Å². The van der Waals surface area contributed by atoms with Gasteiger partial charge in [0.2, 0.25) is 0 Å². The van der Waals surface area contributed by atoms with Crippen LogP contribution in [0.4, 0.5) is 11.6 Å². The SMILES string of the molecule is CCc1cnc(C(C)Nc2cc(NC)nc(C3CC3)n2)s1. The molecule has 1 aliphatic carbocycles. The van der Waals surface area contributed by atoms with E-state index in [1.165, 1.54) is 17.7 Å². The quantitative estimate of drug-likeness (QED) is 0.854. The van der Waals surface area contributed by atoms with E-state index in [1.807, 2.05) is 19.3 Å². The molecule has 0 saturated heterocycles. The third-order valence-electron chi connectivity index (χ3n) is 3.60. The van der Waals surface area contributed by atoms with E-state index in [0.29, 0.717) is 5.92 Å². The number of aryl methyl sites for hydroxylation is 1. The van der Waals surface area contributed by atoms with Crippen molar-refractivity contribution in [3.63, 3.8) is 0 Å². The molecule has 0 amide bonds. The van der Waals surface area contributed by atoms with Crippen LogP contribution in [0.5, 0.6) is 0 Å². The molecule has 112 valence electrons. The van der Waals surface area contributed by atoms with Crippen molar-refractivity contribution in [2.24, 2.45) is 0 Å². The minimum absolute atomic E-state index is 0.155. The van der Waals surface area contributed by atoms with Crippen LogP contribution in [-0.2, 0) is 6.42 Å². The Kier molecular flexibility index (Phi) is 4.05. The van der Waals surface area contributed by atoms with Gasteiger partial charge in [0.05, 0.1) is 6.04 Å². The number of hydrogen-bond donors (Lipinski definition) is 2. The summed E-state index contributed by atoms with van der Waals surface area (Å²) in [6, 6.07) is 2.11. The number of rotatable bonds is 6. The van der Waals surface area contributed by atoms with Gasteiger partial charge < -0.3 is 10.6 Å². The monoisotopic (exact) mass is 303 g/mol. The third-order valence-corrected chi connectivity index (χ3v) is 4.92. The van der Waals surface area contributed by atoms with Gasteiger partial charge in [0, 0.05) is 30.1 Å². The molecule has 1 unspecified atom stereocenters. The highest BCUT2D eigenvalue weighted by Gasteiger charge is 2.27. The molecule has 1 aliphatic rings. The number of nitrogens with one attached hydrogen (secondary N) is 2. The van der Waals surface area contributed by atoms with Crippen LogP contribution in [0.15, 0.2) is 12.3 Å². The van der Waals surface area contributed by atoms with Crippen LogP contribution in [0.2, 0.25) is 0 Å². The fourth-order valence-electron chi connectivity index (χ4n) is 2.16. The average molecular weight is 303 g/mol. The van der Waals surface area contributed by atoms with E-state index < -0.39 is 0 Å².